The highest BCUT2D eigenvalue weighted by atomic mass is 16.1. The van der Waals surface area contributed by atoms with E-state index in [1.165, 1.54) is 30.5 Å². The fourth-order valence-corrected chi connectivity index (χ4v) is 4.45. The standard InChI is InChI=1S/C22H31N5O/c1-16(2)20-12-21(28)27(15-25-20)13-17-8-10-26(11-9-17)22-18-6-4-3-5-7-19(18)23-14-24-22/h12,14-17H,3-11,13H2,1-2H3. The number of nitrogens with zero attached hydrogens (tertiary/aromatic N) is 5. The monoisotopic (exact) mass is 381 g/mol. The first kappa shape index (κ1) is 19.1. The Hall–Kier alpha value is -2.24. The lowest BCUT2D eigenvalue weighted by molar-refractivity contribution is 0.349. The Morgan fingerprint density at radius 2 is 1.86 bits per heavy atom. The van der Waals surface area contributed by atoms with Crippen LogP contribution in [0, 0.1) is 5.92 Å². The van der Waals surface area contributed by atoms with Gasteiger partial charge in [0.05, 0.1) is 12.0 Å². The van der Waals surface area contributed by atoms with Crippen LogP contribution in [0.2, 0.25) is 0 Å². The van der Waals surface area contributed by atoms with E-state index >= 15 is 0 Å². The summed E-state index contributed by atoms with van der Waals surface area (Å²) in [5.41, 5.74) is 3.58. The van der Waals surface area contributed by atoms with Crippen LogP contribution in [-0.4, -0.2) is 32.6 Å². The topological polar surface area (TPSA) is 63.9 Å². The molecule has 150 valence electrons. The molecule has 6 heteroatoms. The molecular weight excluding hydrogens is 350 g/mol. The number of aryl methyl sites for hydroxylation is 1. The van der Waals surface area contributed by atoms with Crippen LogP contribution in [-0.2, 0) is 19.4 Å². The first-order valence-electron chi connectivity index (χ1n) is 10.8. The first-order chi connectivity index (χ1) is 13.6. The Bertz CT molecular complexity index is 867. The van der Waals surface area contributed by atoms with Gasteiger partial charge in [-0.1, -0.05) is 20.3 Å². The minimum Gasteiger partial charge on any atom is -0.356 e. The summed E-state index contributed by atoms with van der Waals surface area (Å²) < 4.78 is 1.78. The third-order valence-electron chi connectivity index (χ3n) is 6.21. The van der Waals surface area contributed by atoms with Crippen molar-refractivity contribution >= 4 is 5.82 Å². The van der Waals surface area contributed by atoms with Crippen LogP contribution >= 0.6 is 0 Å². The van der Waals surface area contributed by atoms with Crippen LogP contribution in [0.5, 0.6) is 0 Å². The number of aromatic nitrogens is 4. The van der Waals surface area contributed by atoms with Crippen molar-refractivity contribution in [2.45, 2.75) is 71.3 Å². The van der Waals surface area contributed by atoms with Gasteiger partial charge in [-0.2, -0.15) is 0 Å². The zero-order valence-corrected chi connectivity index (χ0v) is 17.1. The lowest BCUT2D eigenvalue weighted by Crippen LogP contribution is -2.37. The van der Waals surface area contributed by atoms with E-state index in [0.29, 0.717) is 5.92 Å². The van der Waals surface area contributed by atoms with E-state index in [1.54, 1.807) is 23.3 Å². The highest BCUT2D eigenvalue weighted by Gasteiger charge is 2.24. The summed E-state index contributed by atoms with van der Waals surface area (Å²) in [6.07, 6.45) is 11.6. The Kier molecular flexibility index (Phi) is 5.74. The third-order valence-corrected chi connectivity index (χ3v) is 6.21. The molecule has 4 rings (SSSR count). The summed E-state index contributed by atoms with van der Waals surface area (Å²) in [6, 6.07) is 1.69. The molecule has 0 atom stereocenters. The van der Waals surface area contributed by atoms with Crippen molar-refractivity contribution in [3.8, 4) is 0 Å². The van der Waals surface area contributed by atoms with Crippen LogP contribution in [0.25, 0.3) is 0 Å². The Balaban J connectivity index is 1.41. The summed E-state index contributed by atoms with van der Waals surface area (Å²) in [6.45, 7) is 6.89. The maximum absolute atomic E-state index is 12.4. The normalized spacial score (nSPS) is 18.2. The second-order valence-corrected chi connectivity index (χ2v) is 8.57. The fraction of sp³-hybridized carbons (Fsp3) is 0.636. The van der Waals surface area contributed by atoms with Gasteiger partial charge < -0.3 is 4.90 Å². The van der Waals surface area contributed by atoms with Crippen molar-refractivity contribution in [1.29, 1.82) is 0 Å². The maximum atomic E-state index is 12.4. The van der Waals surface area contributed by atoms with Gasteiger partial charge in [0.2, 0.25) is 0 Å². The van der Waals surface area contributed by atoms with Crippen LogP contribution in [0.15, 0.2) is 23.5 Å². The molecule has 0 saturated carbocycles. The van der Waals surface area contributed by atoms with Gasteiger partial charge in [-0.3, -0.25) is 9.36 Å². The molecule has 2 aromatic heterocycles. The predicted octanol–water partition coefficient (Wildman–Crippen LogP) is 3.34. The molecule has 0 unspecified atom stereocenters. The van der Waals surface area contributed by atoms with Crippen molar-refractivity contribution in [3.63, 3.8) is 0 Å². The molecule has 0 radical (unpaired) electrons. The molecule has 3 heterocycles. The molecule has 0 aromatic carbocycles. The SMILES string of the molecule is CC(C)c1cc(=O)n(CC2CCN(c3ncnc4c3CCCCC4)CC2)cn1. The van der Waals surface area contributed by atoms with Crippen LogP contribution < -0.4 is 10.5 Å². The largest absolute Gasteiger partial charge is 0.356 e. The van der Waals surface area contributed by atoms with Crippen molar-refractivity contribution in [2.75, 3.05) is 18.0 Å². The van der Waals surface area contributed by atoms with Crippen molar-refractivity contribution in [2.24, 2.45) is 5.92 Å². The number of hydrogen-bond acceptors (Lipinski definition) is 5. The third kappa shape index (κ3) is 4.10. The highest BCUT2D eigenvalue weighted by Crippen LogP contribution is 2.29. The first-order valence-corrected chi connectivity index (χ1v) is 10.8. The van der Waals surface area contributed by atoms with Gasteiger partial charge >= 0.3 is 0 Å². The zero-order chi connectivity index (χ0) is 19.5. The van der Waals surface area contributed by atoms with Crippen LogP contribution in [0.3, 0.4) is 0 Å². The van der Waals surface area contributed by atoms with Gasteiger partial charge in [0.15, 0.2) is 0 Å². The van der Waals surface area contributed by atoms with Gasteiger partial charge in [0.25, 0.3) is 5.56 Å². The van der Waals surface area contributed by atoms with Crippen molar-refractivity contribution in [1.82, 2.24) is 19.5 Å². The molecule has 0 spiro atoms. The lowest BCUT2D eigenvalue weighted by Gasteiger charge is -2.34. The maximum Gasteiger partial charge on any atom is 0.253 e. The Morgan fingerprint density at radius 1 is 1.07 bits per heavy atom. The number of rotatable bonds is 4. The van der Waals surface area contributed by atoms with Crippen molar-refractivity contribution in [3.05, 3.63) is 46.0 Å². The molecule has 1 fully saturated rings. The minimum absolute atomic E-state index is 0.0715. The predicted molar refractivity (Wildman–Crippen MR) is 111 cm³/mol. The Morgan fingerprint density at radius 3 is 2.61 bits per heavy atom. The lowest BCUT2D eigenvalue weighted by atomic mass is 9.96. The molecule has 6 nitrogen and oxygen atoms in total. The molecule has 28 heavy (non-hydrogen) atoms. The average molecular weight is 382 g/mol. The van der Waals surface area contributed by atoms with Gasteiger partial charge in [-0.15, -0.1) is 0 Å². The van der Waals surface area contributed by atoms with E-state index < -0.39 is 0 Å². The van der Waals surface area contributed by atoms with E-state index in [2.05, 4.69) is 33.7 Å². The molecule has 1 aliphatic carbocycles. The second kappa shape index (κ2) is 8.41. The minimum atomic E-state index is 0.0715. The average Bonchev–Trinajstić information content (AvgIpc) is 2.95. The van der Waals surface area contributed by atoms with Gasteiger partial charge in [-0.05, 0) is 50.4 Å². The molecular formula is C22H31N5O. The van der Waals surface area contributed by atoms with E-state index in [4.69, 9.17) is 0 Å². The summed E-state index contributed by atoms with van der Waals surface area (Å²) in [7, 11) is 0. The van der Waals surface area contributed by atoms with Crippen LogP contribution in [0.4, 0.5) is 5.82 Å². The molecule has 0 amide bonds. The molecule has 2 aliphatic rings. The summed E-state index contributed by atoms with van der Waals surface area (Å²) in [5.74, 6) is 1.96. The second-order valence-electron chi connectivity index (χ2n) is 8.57. The zero-order valence-electron chi connectivity index (χ0n) is 17.1. The molecule has 0 N–H and O–H groups in total. The summed E-state index contributed by atoms with van der Waals surface area (Å²) >= 11 is 0. The van der Waals surface area contributed by atoms with E-state index in [1.807, 2.05) is 0 Å². The molecule has 2 aromatic rings. The Labute approximate surface area is 167 Å². The molecule has 0 bridgehead atoms. The number of hydrogen-bond donors (Lipinski definition) is 0. The smallest absolute Gasteiger partial charge is 0.253 e. The quantitative estimate of drug-likeness (QED) is 0.760. The van der Waals surface area contributed by atoms with E-state index in [9.17, 15) is 4.79 Å². The van der Waals surface area contributed by atoms with Crippen molar-refractivity contribution < 1.29 is 0 Å². The summed E-state index contributed by atoms with van der Waals surface area (Å²) in [4.78, 5) is 28.5. The van der Waals surface area contributed by atoms with Gasteiger partial charge in [0, 0.05) is 37.0 Å². The molecule has 1 aliphatic heterocycles. The number of fused-ring (bicyclic) bond motifs is 1. The fourth-order valence-electron chi connectivity index (χ4n) is 4.45. The van der Waals surface area contributed by atoms with Gasteiger partial charge in [0.1, 0.15) is 12.1 Å². The highest BCUT2D eigenvalue weighted by molar-refractivity contribution is 5.49. The molecule has 1 saturated heterocycles. The number of piperidine rings is 1. The van der Waals surface area contributed by atoms with Crippen LogP contribution in [0.1, 0.15) is 68.8 Å². The number of anilines is 1. The van der Waals surface area contributed by atoms with E-state index in [-0.39, 0.29) is 11.5 Å². The van der Waals surface area contributed by atoms with E-state index in [0.717, 1.165) is 56.8 Å². The van der Waals surface area contributed by atoms with Gasteiger partial charge in [-0.25, -0.2) is 15.0 Å². The summed E-state index contributed by atoms with van der Waals surface area (Å²) in [5, 5.41) is 0.